The molecular weight excluding hydrogens is 287 g/mol. The Morgan fingerprint density at radius 3 is 2.12 bits per heavy atom. The zero-order valence-corrected chi connectivity index (χ0v) is 10.7. The van der Waals surface area contributed by atoms with Crippen molar-refractivity contribution in [1.82, 2.24) is 0 Å². The van der Waals surface area contributed by atoms with Gasteiger partial charge in [0.25, 0.3) is 0 Å². The molecule has 0 aliphatic carbocycles. The van der Waals surface area contributed by atoms with Crippen LogP contribution in [0.4, 0.5) is 18.9 Å². The number of nitrogen functional groups attached to an aromatic ring is 1. The Labute approximate surface area is 101 Å². The number of anilines is 1. The second-order valence-corrected chi connectivity index (χ2v) is 3.33. The fourth-order valence-corrected chi connectivity index (χ4v) is 1.52. The maximum Gasteiger partial charge on any atom is 0.417 e. The van der Waals surface area contributed by atoms with Crippen molar-refractivity contribution in [2.24, 2.45) is 0 Å². The van der Waals surface area contributed by atoms with Gasteiger partial charge in [-0.1, -0.05) is 13.8 Å². The number of hydrogen-bond donors (Lipinski definition) is 1. The number of alkyl halides is 3. The molecular formula is C10H13BrF3NO. The molecule has 1 aromatic rings. The van der Waals surface area contributed by atoms with Crippen LogP contribution in [0.15, 0.2) is 16.6 Å². The predicted octanol–water partition coefficient (Wildman–Crippen LogP) is 4.08. The smallest absolute Gasteiger partial charge is 0.417 e. The lowest BCUT2D eigenvalue weighted by Crippen LogP contribution is -2.08. The average molecular weight is 300 g/mol. The highest BCUT2D eigenvalue weighted by Gasteiger charge is 2.34. The van der Waals surface area contributed by atoms with Gasteiger partial charge in [0.05, 0.1) is 22.8 Å². The second-order valence-electron chi connectivity index (χ2n) is 2.54. The third-order valence-corrected chi connectivity index (χ3v) is 2.52. The molecule has 0 aliphatic rings. The summed E-state index contributed by atoms with van der Waals surface area (Å²) in [6.07, 6.45) is -4.42. The summed E-state index contributed by atoms with van der Waals surface area (Å²) >= 11 is 2.78. The van der Waals surface area contributed by atoms with Gasteiger partial charge < -0.3 is 10.5 Å². The van der Waals surface area contributed by atoms with E-state index in [0.717, 1.165) is 6.07 Å². The van der Waals surface area contributed by atoms with Gasteiger partial charge in [-0.15, -0.1) is 0 Å². The van der Waals surface area contributed by atoms with Crippen molar-refractivity contribution in [1.29, 1.82) is 0 Å². The average Bonchev–Trinajstić information content (AvgIpc) is 2.23. The van der Waals surface area contributed by atoms with Crippen molar-refractivity contribution in [3.8, 4) is 5.75 Å². The molecule has 0 aromatic heterocycles. The van der Waals surface area contributed by atoms with E-state index >= 15 is 0 Å². The first-order chi connectivity index (χ1) is 7.38. The summed E-state index contributed by atoms with van der Waals surface area (Å²) < 4.78 is 41.6. The van der Waals surface area contributed by atoms with E-state index in [0.29, 0.717) is 0 Å². The summed E-state index contributed by atoms with van der Waals surface area (Å²) in [5, 5.41) is 0. The molecule has 0 fully saturated rings. The van der Waals surface area contributed by atoms with Gasteiger partial charge >= 0.3 is 6.18 Å². The summed E-state index contributed by atoms with van der Waals surface area (Å²) in [4.78, 5) is 0. The number of nitrogens with two attached hydrogens (primary N) is 1. The van der Waals surface area contributed by atoms with Crippen molar-refractivity contribution >= 4 is 21.6 Å². The topological polar surface area (TPSA) is 35.2 Å². The molecule has 16 heavy (non-hydrogen) atoms. The van der Waals surface area contributed by atoms with Crippen LogP contribution < -0.4 is 10.5 Å². The first kappa shape index (κ1) is 15.1. The SMILES string of the molecule is CC.COc1ccc(C(F)(F)F)c(Br)c1N. The summed E-state index contributed by atoms with van der Waals surface area (Å²) in [6, 6.07) is 2.10. The molecule has 0 amide bonds. The first-order valence-corrected chi connectivity index (χ1v) is 5.36. The molecule has 1 aromatic carbocycles. The van der Waals surface area contributed by atoms with Crippen molar-refractivity contribution in [3.63, 3.8) is 0 Å². The van der Waals surface area contributed by atoms with Gasteiger partial charge in [-0.25, -0.2) is 0 Å². The van der Waals surface area contributed by atoms with Crippen LogP contribution in [0.1, 0.15) is 19.4 Å². The van der Waals surface area contributed by atoms with E-state index in [-0.39, 0.29) is 15.9 Å². The minimum atomic E-state index is -4.42. The van der Waals surface area contributed by atoms with Crippen molar-refractivity contribution < 1.29 is 17.9 Å². The molecule has 0 atom stereocenters. The highest BCUT2D eigenvalue weighted by Crippen LogP contribution is 2.41. The van der Waals surface area contributed by atoms with E-state index in [1.165, 1.54) is 13.2 Å². The van der Waals surface area contributed by atoms with E-state index in [9.17, 15) is 13.2 Å². The monoisotopic (exact) mass is 299 g/mol. The van der Waals surface area contributed by atoms with Gasteiger partial charge in [0.2, 0.25) is 0 Å². The van der Waals surface area contributed by atoms with Crippen LogP contribution >= 0.6 is 15.9 Å². The molecule has 2 N–H and O–H groups in total. The quantitative estimate of drug-likeness (QED) is 0.793. The van der Waals surface area contributed by atoms with Gasteiger partial charge in [0.15, 0.2) is 0 Å². The van der Waals surface area contributed by atoms with Crippen LogP contribution in [0.5, 0.6) is 5.75 Å². The van der Waals surface area contributed by atoms with E-state index < -0.39 is 11.7 Å². The number of methoxy groups -OCH3 is 1. The maximum absolute atomic E-state index is 12.3. The number of benzene rings is 1. The molecule has 0 bridgehead atoms. The molecule has 1 rings (SSSR count). The minimum absolute atomic E-state index is 0.0534. The number of rotatable bonds is 1. The lowest BCUT2D eigenvalue weighted by Gasteiger charge is -2.12. The van der Waals surface area contributed by atoms with Gasteiger partial charge in [0.1, 0.15) is 5.75 Å². The van der Waals surface area contributed by atoms with Crippen molar-refractivity contribution in [2.45, 2.75) is 20.0 Å². The van der Waals surface area contributed by atoms with Crippen LogP contribution in [0.3, 0.4) is 0 Å². The molecule has 0 spiro atoms. The Bertz CT molecular complexity index is 353. The third-order valence-electron chi connectivity index (χ3n) is 1.67. The number of hydrogen-bond acceptors (Lipinski definition) is 2. The zero-order chi connectivity index (χ0) is 12.9. The van der Waals surface area contributed by atoms with E-state index in [1.54, 1.807) is 0 Å². The third kappa shape index (κ3) is 3.30. The molecule has 2 nitrogen and oxygen atoms in total. The van der Waals surface area contributed by atoms with Crippen LogP contribution in [0.25, 0.3) is 0 Å². The van der Waals surface area contributed by atoms with Gasteiger partial charge in [0, 0.05) is 0 Å². The number of halogens is 4. The van der Waals surface area contributed by atoms with Crippen molar-refractivity contribution in [3.05, 3.63) is 22.2 Å². The molecule has 0 saturated heterocycles. The Morgan fingerprint density at radius 1 is 1.25 bits per heavy atom. The predicted molar refractivity (Wildman–Crippen MR) is 61.5 cm³/mol. The molecule has 92 valence electrons. The summed E-state index contributed by atoms with van der Waals surface area (Å²) in [5.74, 6) is 0.213. The second kappa shape index (κ2) is 5.98. The Balaban J connectivity index is 0.00000106. The van der Waals surface area contributed by atoms with Crippen LogP contribution in [-0.4, -0.2) is 7.11 Å². The first-order valence-electron chi connectivity index (χ1n) is 4.57. The van der Waals surface area contributed by atoms with Crippen molar-refractivity contribution in [2.75, 3.05) is 12.8 Å². The van der Waals surface area contributed by atoms with Crippen LogP contribution in [0, 0.1) is 0 Å². The van der Waals surface area contributed by atoms with Crippen LogP contribution in [-0.2, 0) is 6.18 Å². The molecule has 0 saturated carbocycles. The fraction of sp³-hybridized carbons (Fsp3) is 0.400. The largest absolute Gasteiger partial charge is 0.495 e. The van der Waals surface area contributed by atoms with E-state index in [4.69, 9.17) is 10.5 Å². The lowest BCUT2D eigenvalue weighted by atomic mass is 10.2. The maximum atomic E-state index is 12.3. The molecule has 6 heteroatoms. The van der Waals surface area contributed by atoms with Gasteiger partial charge in [-0.05, 0) is 28.1 Å². The molecule has 0 unspecified atom stereocenters. The summed E-state index contributed by atoms with van der Waals surface area (Å²) in [7, 11) is 1.34. The number of ether oxygens (including phenoxy) is 1. The minimum Gasteiger partial charge on any atom is -0.495 e. The highest BCUT2D eigenvalue weighted by molar-refractivity contribution is 9.10. The normalized spacial score (nSPS) is 10.4. The summed E-state index contributed by atoms with van der Waals surface area (Å²) in [5.41, 5.74) is 4.56. The molecule has 0 heterocycles. The molecule has 0 aliphatic heterocycles. The van der Waals surface area contributed by atoms with E-state index in [1.807, 2.05) is 13.8 Å². The van der Waals surface area contributed by atoms with Gasteiger partial charge in [-0.3, -0.25) is 0 Å². The zero-order valence-electron chi connectivity index (χ0n) is 9.15. The van der Waals surface area contributed by atoms with Crippen LogP contribution in [0.2, 0.25) is 0 Å². The Morgan fingerprint density at radius 2 is 1.75 bits per heavy atom. The van der Waals surface area contributed by atoms with E-state index in [2.05, 4.69) is 15.9 Å². The standard InChI is InChI=1S/C8H7BrF3NO.C2H6/c1-14-5-3-2-4(8(10,11)12)6(9)7(5)13;1-2/h2-3H,13H2,1H3;1-2H3. The summed E-state index contributed by atoms with van der Waals surface area (Å²) in [6.45, 7) is 4.00. The molecule has 0 radical (unpaired) electrons. The lowest BCUT2D eigenvalue weighted by molar-refractivity contribution is -0.138. The van der Waals surface area contributed by atoms with Gasteiger partial charge in [-0.2, -0.15) is 13.2 Å². The highest BCUT2D eigenvalue weighted by atomic mass is 79.9. The Hall–Kier alpha value is -0.910. The Kier molecular flexibility index (Phi) is 5.64. The fourth-order valence-electron chi connectivity index (χ4n) is 0.972.